The number of rotatable bonds is 5. The maximum atomic E-state index is 12.5. The van der Waals surface area contributed by atoms with E-state index in [1.54, 1.807) is 11.8 Å². The fraction of sp³-hybridized carbons (Fsp3) is 0.562. The molecule has 128 valence electrons. The lowest BCUT2D eigenvalue weighted by Gasteiger charge is -2.34. The highest BCUT2D eigenvalue weighted by Crippen LogP contribution is 2.20. The molecule has 0 aromatic heterocycles. The van der Waals surface area contributed by atoms with Gasteiger partial charge < -0.3 is 4.90 Å². The second-order valence-electron chi connectivity index (χ2n) is 6.00. The monoisotopic (exact) mass is 358 g/mol. The molecule has 1 aliphatic rings. The van der Waals surface area contributed by atoms with Crippen LogP contribution in [0.25, 0.3) is 0 Å². The molecule has 1 aromatic rings. The number of piperidine rings is 1. The number of likely N-dealkylation sites (tertiary alicyclic amines) is 1. The van der Waals surface area contributed by atoms with Gasteiger partial charge in [0.2, 0.25) is 15.9 Å². The van der Waals surface area contributed by atoms with Crippen LogP contribution in [0.15, 0.2) is 29.2 Å². The third-order valence-electron chi connectivity index (χ3n) is 4.23. The molecule has 23 heavy (non-hydrogen) atoms. The van der Waals surface area contributed by atoms with Crippen molar-refractivity contribution in [2.45, 2.75) is 44.0 Å². The Balaban J connectivity index is 2.03. The largest absolute Gasteiger partial charge is 0.341 e. The fourth-order valence-electron chi connectivity index (χ4n) is 2.84. The number of hydrogen-bond acceptors (Lipinski definition) is 3. The average molecular weight is 359 g/mol. The minimum Gasteiger partial charge on any atom is -0.341 e. The van der Waals surface area contributed by atoms with Crippen LogP contribution in [-0.4, -0.2) is 38.4 Å². The Bertz CT molecular complexity index is 646. The molecule has 1 unspecified atom stereocenters. The number of amides is 1. The third kappa shape index (κ3) is 4.68. The molecule has 5 nitrogen and oxygen atoms in total. The second-order valence-corrected chi connectivity index (χ2v) is 8.15. The molecule has 1 fully saturated rings. The summed E-state index contributed by atoms with van der Waals surface area (Å²) in [5.74, 6) is 0.341. The van der Waals surface area contributed by atoms with E-state index in [9.17, 15) is 13.2 Å². The van der Waals surface area contributed by atoms with E-state index in [4.69, 9.17) is 11.6 Å². The zero-order valence-corrected chi connectivity index (χ0v) is 15.0. The topological polar surface area (TPSA) is 66.5 Å². The number of sulfonamides is 1. The molecule has 2 atom stereocenters. The summed E-state index contributed by atoms with van der Waals surface area (Å²) in [6, 6.07) is 5.09. The summed E-state index contributed by atoms with van der Waals surface area (Å²) in [5, 5.41) is 0.465. The van der Waals surface area contributed by atoms with Crippen molar-refractivity contribution in [2.24, 2.45) is 5.92 Å². The minimum atomic E-state index is -3.74. The molecule has 1 heterocycles. The van der Waals surface area contributed by atoms with Crippen LogP contribution >= 0.6 is 11.6 Å². The van der Waals surface area contributed by atoms with Gasteiger partial charge in [-0.25, -0.2) is 8.42 Å². The first kappa shape index (κ1) is 18.2. The van der Waals surface area contributed by atoms with E-state index in [1.165, 1.54) is 24.3 Å². The second kappa shape index (κ2) is 7.64. The highest BCUT2D eigenvalue weighted by Gasteiger charge is 2.28. The Morgan fingerprint density at radius 1 is 1.39 bits per heavy atom. The quantitative estimate of drug-likeness (QED) is 0.879. The van der Waals surface area contributed by atoms with Crippen molar-refractivity contribution in [3.8, 4) is 0 Å². The summed E-state index contributed by atoms with van der Waals surface area (Å²) in [7, 11) is -3.74. The van der Waals surface area contributed by atoms with Crippen molar-refractivity contribution in [3.63, 3.8) is 0 Å². The first-order valence-electron chi connectivity index (χ1n) is 7.90. The Kier molecular flexibility index (Phi) is 6.06. The van der Waals surface area contributed by atoms with E-state index in [0.717, 1.165) is 19.3 Å². The molecule has 0 saturated carbocycles. The van der Waals surface area contributed by atoms with E-state index >= 15 is 0 Å². The van der Waals surface area contributed by atoms with Crippen LogP contribution in [0.5, 0.6) is 0 Å². The number of carbonyl (C=O) groups is 1. The Labute approximate surface area is 143 Å². The Morgan fingerprint density at radius 3 is 2.65 bits per heavy atom. The number of carbonyl (C=O) groups excluding carboxylic acids is 1. The van der Waals surface area contributed by atoms with Crippen LogP contribution < -0.4 is 4.72 Å². The van der Waals surface area contributed by atoms with Crippen molar-refractivity contribution < 1.29 is 13.2 Å². The Morgan fingerprint density at radius 2 is 2.04 bits per heavy atom. The standard InChI is InChI=1S/C16H23ClN2O3S/c1-3-13-5-4-10-19(11-13)16(20)12(2)18-23(21,22)15-8-6-14(17)7-9-15/h6-9,12-13,18H,3-5,10-11H2,1-2H3/t12-,13?/m0/s1. The summed E-state index contributed by atoms with van der Waals surface area (Å²) in [4.78, 5) is 14.4. The smallest absolute Gasteiger partial charge is 0.241 e. The van der Waals surface area contributed by atoms with Gasteiger partial charge >= 0.3 is 0 Å². The zero-order valence-electron chi connectivity index (χ0n) is 13.5. The van der Waals surface area contributed by atoms with Gasteiger partial charge in [0.15, 0.2) is 0 Å². The SMILES string of the molecule is CCC1CCCN(C(=O)[C@H](C)NS(=O)(=O)c2ccc(Cl)cc2)C1. The lowest BCUT2D eigenvalue weighted by Crippen LogP contribution is -2.49. The molecule has 2 rings (SSSR count). The lowest BCUT2D eigenvalue weighted by atomic mass is 9.95. The van der Waals surface area contributed by atoms with Gasteiger partial charge in [-0.3, -0.25) is 4.79 Å². The number of halogens is 1. The van der Waals surface area contributed by atoms with Gasteiger partial charge in [0.1, 0.15) is 0 Å². The van der Waals surface area contributed by atoms with E-state index in [-0.39, 0.29) is 10.8 Å². The summed E-state index contributed by atoms with van der Waals surface area (Å²) in [6.07, 6.45) is 3.14. The van der Waals surface area contributed by atoms with E-state index in [2.05, 4.69) is 11.6 Å². The molecular formula is C16H23ClN2O3S. The number of benzene rings is 1. The van der Waals surface area contributed by atoms with Crippen LogP contribution in [-0.2, 0) is 14.8 Å². The van der Waals surface area contributed by atoms with Gasteiger partial charge in [-0.2, -0.15) is 4.72 Å². The van der Waals surface area contributed by atoms with E-state index in [0.29, 0.717) is 24.0 Å². The van der Waals surface area contributed by atoms with Gasteiger partial charge in [-0.05, 0) is 49.9 Å². The maximum Gasteiger partial charge on any atom is 0.241 e. The van der Waals surface area contributed by atoms with E-state index in [1.807, 2.05) is 0 Å². The van der Waals surface area contributed by atoms with Crippen molar-refractivity contribution >= 4 is 27.5 Å². The first-order valence-corrected chi connectivity index (χ1v) is 9.76. The van der Waals surface area contributed by atoms with Crippen LogP contribution in [0.4, 0.5) is 0 Å². The fourth-order valence-corrected chi connectivity index (χ4v) is 4.16. The number of hydrogen-bond donors (Lipinski definition) is 1. The van der Waals surface area contributed by atoms with Gasteiger partial charge in [0.25, 0.3) is 0 Å². The predicted octanol–water partition coefficient (Wildman–Crippen LogP) is 2.66. The number of nitrogens with zero attached hydrogens (tertiary/aromatic N) is 1. The summed E-state index contributed by atoms with van der Waals surface area (Å²) in [5.41, 5.74) is 0. The lowest BCUT2D eigenvalue weighted by molar-refractivity contribution is -0.134. The van der Waals surface area contributed by atoms with Gasteiger partial charge in [-0.15, -0.1) is 0 Å². The molecular weight excluding hydrogens is 336 g/mol. The zero-order chi connectivity index (χ0) is 17.0. The van der Waals surface area contributed by atoms with Crippen LogP contribution in [0.1, 0.15) is 33.1 Å². The predicted molar refractivity (Wildman–Crippen MR) is 90.8 cm³/mol. The maximum absolute atomic E-state index is 12.5. The summed E-state index contributed by atoms with van der Waals surface area (Å²) < 4.78 is 27.1. The summed E-state index contributed by atoms with van der Waals surface area (Å²) in [6.45, 7) is 5.11. The van der Waals surface area contributed by atoms with E-state index < -0.39 is 16.1 Å². The molecule has 1 aromatic carbocycles. The van der Waals surface area contributed by atoms with Gasteiger partial charge in [-0.1, -0.05) is 24.9 Å². The van der Waals surface area contributed by atoms with Crippen molar-refractivity contribution in [3.05, 3.63) is 29.3 Å². The molecule has 0 bridgehead atoms. The van der Waals surface area contributed by atoms with Gasteiger partial charge in [0.05, 0.1) is 10.9 Å². The van der Waals surface area contributed by atoms with Crippen molar-refractivity contribution in [1.29, 1.82) is 0 Å². The Hall–Kier alpha value is -1.11. The average Bonchev–Trinajstić information content (AvgIpc) is 2.54. The minimum absolute atomic E-state index is 0.103. The molecule has 1 amide bonds. The molecule has 1 aliphatic heterocycles. The van der Waals surface area contributed by atoms with Gasteiger partial charge in [0, 0.05) is 18.1 Å². The molecule has 0 spiro atoms. The molecule has 1 saturated heterocycles. The van der Waals surface area contributed by atoms with Crippen LogP contribution in [0.3, 0.4) is 0 Å². The normalized spacial score (nSPS) is 20.3. The van der Waals surface area contributed by atoms with Crippen LogP contribution in [0, 0.1) is 5.92 Å². The van der Waals surface area contributed by atoms with Crippen molar-refractivity contribution in [1.82, 2.24) is 9.62 Å². The third-order valence-corrected chi connectivity index (χ3v) is 6.04. The van der Waals surface area contributed by atoms with Crippen molar-refractivity contribution in [2.75, 3.05) is 13.1 Å². The molecule has 0 aliphatic carbocycles. The molecule has 0 radical (unpaired) electrons. The molecule has 7 heteroatoms. The number of nitrogens with one attached hydrogen (secondary N) is 1. The first-order chi connectivity index (χ1) is 10.8. The summed E-state index contributed by atoms with van der Waals surface area (Å²) >= 11 is 5.77. The highest BCUT2D eigenvalue weighted by atomic mass is 35.5. The molecule has 1 N–H and O–H groups in total. The van der Waals surface area contributed by atoms with Crippen LogP contribution in [0.2, 0.25) is 5.02 Å². The highest BCUT2D eigenvalue weighted by molar-refractivity contribution is 7.89.